The van der Waals surface area contributed by atoms with Gasteiger partial charge in [-0.15, -0.1) is 0 Å². The van der Waals surface area contributed by atoms with Crippen LogP contribution in [0.25, 0.3) is 11.8 Å². The van der Waals surface area contributed by atoms with Gasteiger partial charge in [0.15, 0.2) is 5.11 Å². The molecule has 8 heteroatoms. The minimum atomic E-state index is -0.528. The number of nitrogens with one attached hydrogen (secondary N) is 1. The third kappa shape index (κ3) is 5.45. The summed E-state index contributed by atoms with van der Waals surface area (Å²) in [5, 5.41) is 2.72. The van der Waals surface area contributed by atoms with Crippen LogP contribution in [0.5, 0.6) is 0 Å². The standard InChI is InChI=1S/C30H31N3O4S/c1-5-7-8-21-9-13-25(14-10-21)33-28(35)26(27(34)31-30(33)38)18-23-17-19(3)32(20(23)4)24-15-11-22(12-16-24)29(36)37-6-2/h9-18H,5-8H2,1-4H3,(H,31,34,38). The molecule has 1 aliphatic rings. The van der Waals surface area contributed by atoms with Gasteiger partial charge in [0.2, 0.25) is 0 Å². The van der Waals surface area contributed by atoms with Crippen molar-refractivity contribution in [3.05, 3.63) is 88.2 Å². The summed E-state index contributed by atoms with van der Waals surface area (Å²) in [5.41, 5.74) is 5.62. The molecule has 38 heavy (non-hydrogen) atoms. The van der Waals surface area contributed by atoms with Crippen molar-refractivity contribution in [2.24, 2.45) is 0 Å². The van der Waals surface area contributed by atoms with Gasteiger partial charge in [-0.05, 0) is 105 Å². The van der Waals surface area contributed by atoms with Crippen molar-refractivity contribution in [2.75, 3.05) is 11.5 Å². The van der Waals surface area contributed by atoms with Gasteiger partial charge in [-0.25, -0.2) is 4.79 Å². The third-order valence-electron chi connectivity index (χ3n) is 6.52. The van der Waals surface area contributed by atoms with Gasteiger partial charge in [-0.2, -0.15) is 0 Å². The van der Waals surface area contributed by atoms with E-state index in [1.807, 2.05) is 60.9 Å². The summed E-state index contributed by atoms with van der Waals surface area (Å²) in [7, 11) is 0. The molecule has 0 spiro atoms. The summed E-state index contributed by atoms with van der Waals surface area (Å²) in [4.78, 5) is 39.7. The first-order valence-corrected chi connectivity index (χ1v) is 13.1. The fourth-order valence-electron chi connectivity index (χ4n) is 4.53. The van der Waals surface area contributed by atoms with Crippen LogP contribution in [0.1, 0.15) is 59.6 Å². The zero-order valence-corrected chi connectivity index (χ0v) is 22.9. The van der Waals surface area contributed by atoms with Gasteiger partial charge in [0.25, 0.3) is 11.8 Å². The number of anilines is 1. The van der Waals surface area contributed by atoms with Crippen LogP contribution in [0.4, 0.5) is 5.69 Å². The van der Waals surface area contributed by atoms with Crippen LogP contribution in [0.15, 0.2) is 60.2 Å². The molecule has 3 aromatic rings. The summed E-state index contributed by atoms with van der Waals surface area (Å²) in [6, 6.07) is 16.7. The first-order valence-electron chi connectivity index (χ1n) is 12.7. The van der Waals surface area contributed by atoms with Gasteiger partial charge in [0.05, 0.1) is 17.9 Å². The minimum absolute atomic E-state index is 0.00608. The molecule has 0 bridgehead atoms. The van der Waals surface area contributed by atoms with E-state index in [-0.39, 0.29) is 16.7 Å². The number of rotatable bonds is 8. The Labute approximate surface area is 228 Å². The molecule has 1 N–H and O–H groups in total. The lowest BCUT2D eigenvalue weighted by atomic mass is 10.1. The molecule has 1 fully saturated rings. The van der Waals surface area contributed by atoms with Crippen molar-refractivity contribution in [2.45, 2.75) is 47.0 Å². The summed E-state index contributed by atoms with van der Waals surface area (Å²) in [6.45, 7) is 8.09. The highest BCUT2D eigenvalue weighted by molar-refractivity contribution is 7.80. The number of benzene rings is 2. The molecule has 0 aliphatic carbocycles. The van der Waals surface area contributed by atoms with E-state index in [0.717, 1.165) is 41.9 Å². The van der Waals surface area contributed by atoms with Crippen LogP contribution >= 0.6 is 12.2 Å². The molecule has 1 aromatic heterocycles. The number of hydrogen-bond donors (Lipinski definition) is 1. The second-order valence-corrected chi connectivity index (χ2v) is 9.54. The van der Waals surface area contributed by atoms with Gasteiger partial charge in [-0.3, -0.25) is 19.8 Å². The van der Waals surface area contributed by atoms with Gasteiger partial charge in [-0.1, -0.05) is 25.5 Å². The van der Waals surface area contributed by atoms with Gasteiger partial charge < -0.3 is 9.30 Å². The van der Waals surface area contributed by atoms with E-state index in [4.69, 9.17) is 17.0 Å². The van der Waals surface area contributed by atoms with Crippen molar-refractivity contribution < 1.29 is 19.1 Å². The Kier molecular flexibility index (Phi) is 8.22. The number of amides is 2. The van der Waals surface area contributed by atoms with Crippen LogP contribution < -0.4 is 10.2 Å². The Morgan fingerprint density at radius 1 is 1.00 bits per heavy atom. The molecule has 1 aliphatic heterocycles. The predicted molar refractivity (Wildman–Crippen MR) is 152 cm³/mol. The Balaban J connectivity index is 1.64. The summed E-state index contributed by atoms with van der Waals surface area (Å²) >= 11 is 5.35. The van der Waals surface area contributed by atoms with Crippen molar-refractivity contribution in [3.8, 4) is 5.69 Å². The Morgan fingerprint density at radius 2 is 1.66 bits per heavy atom. The number of nitrogens with zero attached hydrogens (tertiary/aromatic N) is 2. The number of hydrogen-bond acceptors (Lipinski definition) is 5. The largest absolute Gasteiger partial charge is 0.462 e. The number of unbranched alkanes of at least 4 members (excludes halogenated alkanes) is 1. The molecular weight excluding hydrogens is 498 g/mol. The molecule has 2 amide bonds. The molecule has 196 valence electrons. The van der Waals surface area contributed by atoms with Crippen molar-refractivity contribution in [3.63, 3.8) is 0 Å². The first kappa shape index (κ1) is 27.0. The van der Waals surface area contributed by atoms with Crippen LogP contribution in [-0.4, -0.2) is 34.1 Å². The summed E-state index contributed by atoms with van der Waals surface area (Å²) in [5.74, 6) is -1.37. The van der Waals surface area contributed by atoms with Crippen LogP contribution in [0.3, 0.4) is 0 Å². The second-order valence-electron chi connectivity index (χ2n) is 9.16. The Bertz CT molecular complexity index is 1420. The molecule has 7 nitrogen and oxygen atoms in total. The van der Waals surface area contributed by atoms with E-state index in [1.165, 1.54) is 10.5 Å². The monoisotopic (exact) mass is 529 g/mol. The molecule has 2 heterocycles. The third-order valence-corrected chi connectivity index (χ3v) is 6.81. The van der Waals surface area contributed by atoms with Gasteiger partial charge >= 0.3 is 5.97 Å². The number of ether oxygens (including phenoxy) is 1. The number of carbonyl (C=O) groups is 3. The molecule has 0 saturated carbocycles. The smallest absolute Gasteiger partial charge is 0.338 e. The number of thiocarbonyl (C=S) groups is 1. The Morgan fingerprint density at radius 3 is 2.29 bits per heavy atom. The number of esters is 1. The van der Waals surface area contributed by atoms with Crippen LogP contribution in [-0.2, 0) is 20.7 Å². The summed E-state index contributed by atoms with van der Waals surface area (Å²) < 4.78 is 7.07. The van der Waals surface area contributed by atoms with E-state index in [2.05, 4.69) is 12.2 Å². The van der Waals surface area contributed by atoms with E-state index in [9.17, 15) is 14.4 Å². The highest BCUT2D eigenvalue weighted by Gasteiger charge is 2.34. The quantitative estimate of drug-likeness (QED) is 0.182. The molecule has 1 saturated heterocycles. The molecular formula is C30H31N3O4S. The molecule has 0 unspecified atom stereocenters. The molecule has 0 atom stereocenters. The topological polar surface area (TPSA) is 80.6 Å². The maximum atomic E-state index is 13.5. The van der Waals surface area contributed by atoms with Crippen molar-refractivity contribution >= 4 is 46.9 Å². The fraction of sp³-hybridized carbons (Fsp3) is 0.267. The van der Waals surface area contributed by atoms with Crippen molar-refractivity contribution in [1.82, 2.24) is 9.88 Å². The van der Waals surface area contributed by atoms with E-state index in [1.54, 1.807) is 25.1 Å². The number of carbonyl (C=O) groups excluding carboxylic acids is 3. The zero-order chi connectivity index (χ0) is 27.4. The fourth-order valence-corrected chi connectivity index (χ4v) is 4.81. The predicted octanol–water partition coefficient (Wildman–Crippen LogP) is 5.44. The van der Waals surface area contributed by atoms with E-state index < -0.39 is 11.8 Å². The lowest BCUT2D eigenvalue weighted by Gasteiger charge is -2.29. The highest BCUT2D eigenvalue weighted by atomic mass is 32.1. The zero-order valence-electron chi connectivity index (χ0n) is 22.0. The van der Waals surface area contributed by atoms with E-state index >= 15 is 0 Å². The first-order chi connectivity index (χ1) is 18.2. The maximum absolute atomic E-state index is 13.5. The Hall–Kier alpha value is -4.04. The number of aryl methyl sites for hydroxylation is 2. The van der Waals surface area contributed by atoms with Crippen LogP contribution in [0.2, 0.25) is 0 Å². The summed E-state index contributed by atoms with van der Waals surface area (Å²) in [6.07, 6.45) is 4.78. The molecule has 2 aromatic carbocycles. The lowest BCUT2D eigenvalue weighted by Crippen LogP contribution is -2.54. The maximum Gasteiger partial charge on any atom is 0.338 e. The second kappa shape index (κ2) is 11.6. The normalized spacial score (nSPS) is 14.7. The average Bonchev–Trinajstić information content (AvgIpc) is 3.18. The molecule has 0 radical (unpaired) electrons. The number of aromatic nitrogens is 1. The minimum Gasteiger partial charge on any atom is -0.462 e. The highest BCUT2D eigenvalue weighted by Crippen LogP contribution is 2.27. The lowest BCUT2D eigenvalue weighted by molar-refractivity contribution is -0.122. The molecule has 4 rings (SSSR count). The van der Waals surface area contributed by atoms with E-state index in [0.29, 0.717) is 17.9 Å². The van der Waals surface area contributed by atoms with Gasteiger partial charge in [0, 0.05) is 17.1 Å². The van der Waals surface area contributed by atoms with Gasteiger partial charge in [0.1, 0.15) is 5.57 Å². The average molecular weight is 530 g/mol. The SMILES string of the molecule is CCCCc1ccc(N2C(=O)C(=Cc3cc(C)n(-c4ccc(C(=O)OCC)cc4)c3C)C(=O)NC2=S)cc1. The van der Waals surface area contributed by atoms with Crippen molar-refractivity contribution in [1.29, 1.82) is 0 Å². The van der Waals surface area contributed by atoms with Crippen LogP contribution in [0, 0.1) is 13.8 Å².